The highest BCUT2D eigenvalue weighted by Gasteiger charge is 2.16. The summed E-state index contributed by atoms with van der Waals surface area (Å²) in [5.41, 5.74) is 1.44. The number of hydrogen-bond donors (Lipinski definition) is 0. The molecule has 0 aliphatic carbocycles. The standard InChI is InChI=1S/C10H15NOS/c1-11-5-3-8-9(12-2)7-13-10(8)4-6-11/h7H,3-6H2,1-2H3. The molecule has 1 aromatic heterocycles. The predicted octanol–water partition coefficient (Wildman–Crippen LogP) is 1.79. The van der Waals surface area contributed by atoms with E-state index in [-0.39, 0.29) is 0 Å². The Morgan fingerprint density at radius 3 is 2.92 bits per heavy atom. The second-order valence-electron chi connectivity index (χ2n) is 3.51. The molecular formula is C10H15NOS. The number of ether oxygens (including phenoxy) is 1. The summed E-state index contributed by atoms with van der Waals surface area (Å²) < 4.78 is 5.34. The molecule has 2 nitrogen and oxygen atoms in total. The molecule has 0 unspecified atom stereocenters. The Hall–Kier alpha value is -0.540. The van der Waals surface area contributed by atoms with Crippen molar-refractivity contribution in [2.75, 3.05) is 27.2 Å². The molecule has 0 bridgehead atoms. The molecule has 0 N–H and O–H groups in total. The number of fused-ring (bicyclic) bond motifs is 1. The van der Waals surface area contributed by atoms with Crippen LogP contribution in [0.3, 0.4) is 0 Å². The summed E-state index contributed by atoms with van der Waals surface area (Å²) in [6, 6.07) is 0. The summed E-state index contributed by atoms with van der Waals surface area (Å²) in [5, 5.41) is 2.13. The zero-order chi connectivity index (χ0) is 9.26. The van der Waals surface area contributed by atoms with E-state index in [2.05, 4.69) is 17.3 Å². The van der Waals surface area contributed by atoms with E-state index in [0.717, 1.165) is 18.7 Å². The van der Waals surface area contributed by atoms with Crippen molar-refractivity contribution in [2.24, 2.45) is 0 Å². The van der Waals surface area contributed by atoms with Crippen molar-refractivity contribution in [3.63, 3.8) is 0 Å². The Labute approximate surface area is 83.1 Å². The summed E-state index contributed by atoms with van der Waals surface area (Å²) in [6.45, 7) is 2.33. The second-order valence-corrected chi connectivity index (χ2v) is 4.47. The number of nitrogens with zero attached hydrogens (tertiary/aromatic N) is 1. The summed E-state index contributed by atoms with van der Waals surface area (Å²) in [7, 11) is 3.94. The van der Waals surface area contributed by atoms with Crippen LogP contribution in [0, 0.1) is 0 Å². The van der Waals surface area contributed by atoms with Crippen molar-refractivity contribution in [1.29, 1.82) is 0 Å². The van der Waals surface area contributed by atoms with E-state index in [0.29, 0.717) is 0 Å². The van der Waals surface area contributed by atoms with Gasteiger partial charge >= 0.3 is 0 Å². The van der Waals surface area contributed by atoms with E-state index >= 15 is 0 Å². The van der Waals surface area contributed by atoms with Crippen molar-refractivity contribution in [1.82, 2.24) is 4.90 Å². The third-order valence-electron chi connectivity index (χ3n) is 2.63. The van der Waals surface area contributed by atoms with Gasteiger partial charge < -0.3 is 9.64 Å². The summed E-state index contributed by atoms with van der Waals surface area (Å²) in [6.07, 6.45) is 2.32. The third kappa shape index (κ3) is 1.71. The number of hydrogen-bond acceptors (Lipinski definition) is 3. The van der Waals surface area contributed by atoms with Crippen LogP contribution in [0.1, 0.15) is 10.4 Å². The Balaban J connectivity index is 2.26. The fourth-order valence-corrected chi connectivity index (χ4v) is 2.80. The van der Waals surface area contributed by atoms with Gasteiger partial charge in [-0.2, -0.15) is 0 Å². The van der Waals surface area contributed by atoms with Gasteiger partial charge in [-0.3, -0.25) is 0 Å². The topological polar surface area (TPSA) is 12.5 Å². The van der Waals surface area contributed by atoms with Crippen molar-refractivity contribution in [2.45, 2.75) is 12.8 Å². The SMILES string of the molecule is COc1csc2c1CCN(C)CC2. The molecule has 72 valence electrons. The smallest absolute Gasteiger partial charge is 0.133 e. The molecule has 0 aromatic carbocycles. The lowest BCUT2D eigenvalue weighted by Gasteiger charge is -2.11. The third-order valence-corrected chi connectivity index (χ3v) is 3.69. The Morgan fingerprint density at radius 2 is 2.15 bits per heavy atom. The number of rotatable bonds is 1. The van der Waals surface area contributed by atoms with Gasteiger partial charge in [0.25, 0.3) is 0 Å². The first-order chi connectivity index (χ1) is 6.31. The predicted molar refractivity (Wildman–Crippen MR) is 55.8 cm³/mol. The lowest BCUT2D eigenvalue weighted by atomic mass is 10.1. The van der Waals surface area contributed by atoms with Crippen LogP contribution in [0.4, 0.5) is 0 Å². The zero-order valence-corrected chi connectivity index (χ0v) is 8.99. The van der Waals surface area contributed by atoms with Crippen LogP contribution in [-0.2, 0) is 12.8 Å². The molecule has 3 heteroatoms. The molecule has 2 rings (SSSR count). The minimum Gasteiger partial charge on any atom is -0.496 e. The Morgan fingerprint density at radius 1 is 1.38 bits per heavy atom. The lowest BCUT2D eigenvalue weighted by Crippen LogP contribution is -2.20. The minimum absolute atomic E-state index is 1.09. The van der Waals surface area contributed by atoms with Gasteiger partial charge in [-0.15, -0.1) is 11.3 Å². The van der Waals surface area contributed by atoms with Gasteiger partial charge in [0.05, 0.1) is 7.11 Å². The first kappa shape index (κ1) is 9.03. The first-order valence-electron chi connectivity index (χ1n) is 4.63. The van der Waals surface area contributed by atoms with E-state index in [1.807, 2.05) is 11.3 Å². The summed E-state index contributed by atoms with van der Waals surface area (Å²) in [4.78, 5) is 3.90. The molecule has 0 fully saturated rings. The highest BCUT2D eigenvalue weighted by Crippen LogP contribution is 2.31. The van der Waals surface area contributed by atoms with Gasteiger partial charge in [0.1, 0.15) is 5.75 Å². The van der Waals surface area contributed by atoms with E-state index < -0.39 is 0 Å². The molecule has 1 aromatic rings. The summed E-state index contributed by atoms with van der Waals surface area (Å²) in [5.74, 6) is 1.09. The fraction of sp³-hybridized carbons (Fsp3) is 0.600. The molecule has 0 saturated heterocycles. The van der Waals surface area contributed by atoms with Crippen LogP contribution >= 0.6 is 11.3 Å². The van der Waals surface area contributed by atoms with Crippen LogP contribution in [0.5, 0.6) is 5.75 Å². The quantitative estimate of drug-likeness (QED) is 0.680. The van der Waals surface area contributed by atoms with E-state index in [9.17, 15) is 0 Å². The maximum atomic E-state index is 5.34. The van der Waals surface area contributed by atoms with Gasteiger partial charge in [-0.05, 0) is 19.9 Å². The normalized spacial score (nSPS) is 18.0. The minimum atomic E-state index is 1.09. The van der Waals surface area contributed by atoms with Gasteiger partial charge in [-0.1, -0.05) is 0 Å². The highest BCUT2D eigenvalue weighted by atomic mass is 32.1. The average molecular weight is 197 g/mol. The van der Waals surface area contributed by atoms with Gasteiger partial charge in [0.15, 0.2) is 0 Å². The zero-order valence-electron chi connectivity index (χ0n) is 8.17. The molecule has 1 aliphatic heterocycles. The maximum absolute atomic E-state index is 5.34. The largest absolute Gasteiger partial charge is 0.496 e. The molecular weight excluding hydrogens is 182 g/mol. The van der Waals surface area contributed by atoms with Crippen molar-refractivity contribution >= 4 is 11.3 Å². The van der Waals surface area contributed by atoms with Crippen LogP contribution in [-0.4, -0.2) is 32.1 Å². The molecule has 2 heterocycles. The number of methoxy groups -OCH3 is 1. The Bertz CT molecular complexity index is 295. The van der Waals surface area contributed by atoms with Crippen molar-refractivity contribution in [3.05, 3.63) is 15.8 Å². The fourth-order valence-electron chi connectivity index (χ4n) is 1.75. The van der Waals surface area contributed by atoms with E-state index in [4.69, 9.17) is 4.74 Å². The second kappa shape index (κ2) is 3.68. The van der Waals surface area contributed by atoms with Gasteiger partial charge in [-0.25, -0.2) is 0 Å². The van der Waals surface area contributed by atoms with Crippen molar-refractivity contribution in [3.8, 4) is 5.75 Å². The molecule has 1 aliphatic rings. The molecule has 0 atom stereocenters. The monoisotopic (exact) mass is 197 g/mol. The number of thiophene rings is 1. The molecule has 0 amide bonds. The van der Waals surface area contributed by atoms with Gasteiger partial charge in [0, 0.05) is 28.9 Å². The molecule has 0 saturated carbocycles. The van der Waals surface area contributed by atoms with E-state index in [1.165, 1.54) is 23.4 Å². The highest BCUT2D eigenvalue weighted by molar-refractivity contribution is 7.10. The van der Waals surface area contributed by atoms with Crippen LogP contribution in [0.25, 0.3) is 0 Å². The molecule has 0 spiro atoms. The van der Waals surface area contributed by atoms with E-state index in [1.54, 1.807) is 7.11 Å². The van der Waals surface area contributed by atoms with Crippen molar-refractivity contribution < 1.29 is 4.74 Å². The summed E-state index contributed by atoms with van der Waals surface area (Å²) >= 11 is 1.84. The molecule has 13 heavy (non-hydrogen) atoms. The van der Waals surface area contributed by atoms with Crippen LogP contribution in [0.2, 0.25) is 0 Å². The van der Waals surface area contributed by atoms with Crippen LogP contribution in [0.15, 0.2) is 5.38 Å². The average Bonchev–Trinajstić information content (AvgIpc) is 2.45. The Kier molecular flexibility index (Phi) is 2.56. The first-order valence-corrected chi connectivity index (χ1v) is 5.51. The maximum Gasteiger partial charge on any atom is 0.133 e. The van der Waals surface area contributed by atoms with Gasteiger partial charge in [0.2, 0.25) is 0 Å². The number of likely N-dealkylation sites (N-methyl/N-ethyl adjacent to an activating group) is 1. The van der Waals surface area contributed by atoms with Crippen LogP contribution < -0.4 is 4.74 Å². The lowest BCUT2D eigenvalue weighted by molar-refractivity contribution is 0.350. The molecule has 0 radical (unpaired) electrons.